The Labute approximate surface area is 102 Å². The maximum atomic E-state index is 5.81. The van der Waals surface area contributed by atoms with Crippen LogP contribution in [0, 0.1) is 0 Å². The molecular formula is C8H17I2NO. The third-order valence-corrected chi connectivity index (χ3v) is 1.81. The molecule has 0 amide bonds. The summed E-state index contributed by atoms with van der Waals surface area (Å²) in [5.41, 5.74) is 5.81. The highest BCUT2D eigenvalue weighted by atomic mass is 127. The minimum absolute atomic E-state index is 0.163. The third kappa shape index (κ3) is 9.47. The molecule has 1 atom stereocenters. The Morgan fingerprint density at radius 3 is 1.92 bits per heavy atom. The van der Waals surface area contributed by atoms with E-state index in [1.165, 1.54) is 0 Å². The molecule has 0 rings (SSSR count). The van der Waals surface area contributed by atoms with E-state index < -0.39 is 0 Å². The molecule has 0 aromatic carbocycles. The van der Waals surface area contributed by atoms with E-state index >= 15 is 0 Å². The molecule has 0 bridgehead atoms. The van der Waals surface area contributed by atoms with Gasteiger partial charge < -0.3 is 10.5 Å². The molecular weight excluding hydrogens is 380 g/mol. The lowest BCUT2D eigenvalue weighted by Gasteiger charge is -2.27. The van der Waals surface area contributed by atoms with Crippen molar-refractivity contribution in [2.45, 2.75) is 47.4 Å². The van der Waals surface area contributed by atoms with Gasteiger partial charge in [0.2, 0.25) is 0 Å². The quantitative estimate of drug-likeness (QED) is 0.450. The Kier molecular flexibility index (Phi) is 5.29. The van der Waals surface area contributed by atoms with E-state index in [0.717, 1.165) is 6.42 Å². The molecule has 74 valence electrons. The van der Waals surface area contributed by atoms with Crippen LogP contribution >= 0.6 is 45.2 Å². The first-order valence-corrected chi connectivity index (χ1v) is 6.07. The Bertz CT molecular complexity index is 121. The number of rotatable bonds is 4. The third-order valence-electron chi connectivity index (χ3n) is 1.12. The van der Waals surface area contributed by atoms with Gasteiger partial charge >= 0.3 is 0 Å². The van der Waals surface area contributed by atoms with Gasteiger partial charge in [0.15, 0.2) is 0 Å². The van der Waals surface area contributed by atoms with Crippen LogP contribution in [0.3, 0.4) is 0 Å². The van der Waals surface area contributed by atoms with Crippen molar-refractivity contribution < 1.29 is 4.74 Å². The molecule has 0 fully saturated rings. The molecule has 0 aliphatic rings. The number of halogens is 2. The summed E-state index contributed by atoms with van der Waals surface area (Å²) in [7, 11) is 0. The Morgan fingerprint density at radius 1 is 1.25 bits per heavy atom. The molecule has 0 aliphatic heterocycles. The lowest BCUT2D eigenvalue weighted by Crippen LogP contribution is -2.35. The highest BCUT2D eigenvalue weighted by molar-refractivity contribution is 14.1. The van der Waals surface area contributed by atoms with Crippen LogP contribution in [0.1, 0.15) is 34.1 Å². The summed E-state index contributed by atoms with van der Waals surface area (Å²) in [6.07, 6.45) is 0.712. The van der Waals surface area contributed by atoms with Gasteiger partial charge in [-0.3, -0.25) is 0 Å². The molecule has 0 saturated carbocycles. The van der Waals surface area contributed by atoms with E-state index in [9.17, 15) is 0 Å². The fraction of sp³-hybridized carbons (Fsp3) is 1.00. The van der Waals surface area contributed by atoms with Crippen molar-refractivity contribution >= 4 is 45.2 Å². The fourth-order valence-electron chi connectivity index (χ4n) is 0.880. The molecule has 12 heavy (non-hydrogen) atoms. The first-order chi connectivity index (χ1) is 5.10. The number of hydrogen-bond acceptors (Lipinski definition) is 2. The van der Waals surface area contributed by atoms with Crippen LogP contribution in [0.2, 0.25) is 0 Å². The fourth-order valence-corrected chi connectivity index (χ4v) is 1.64. The summed E-state index contributed by atoms with van der Waals surface area (Å²) in [5, 5.41) is 0. The van der Waals surface area contributed by atoms with Gasteiger partial charge in [0.1, 0.15) is 9.84 Å². The molecule has 2 N–H and O–H groups in total. The van der Waals surface area contributed by atoms with E-state index in [4.69, 9.17) is 10.5 Å². The van der Waals surface area contributed by atoms with Crippen LogP contribution in [-0.2, 0) is 4.74 Å². The van der Waals surface area contributed by atoms with Crippen LogP contribution in [0.25, 0.3) is 0 Å². The van der Waals surface area contributed by atoms with Crippen LogP contribution in [-0.4, -0.2) is 13.3 Å². The highest BCUT2D eigenvalue weighted by Crippen LogP contribution is 2.26. The van der Waals surface area contributed by atoms with Gasteiger partial charge in [-0.1, -0.05) is 36.4 Å². The summed E-state index contributed by atoms with van der Waals surface area (Å²) in [6, 6.07) is 0. The molecule has 0 aromatic heterocycles. The van der Waals surface area contributed by atoms with Gasteiger partial charge in [-0.15, -0.1) is 0 Å². The number of ether oxygens (including phenoxy) is 1. The maximum absolute atomic E-state index is 5.81. The topological polar surface area (TPSA) is 35.2 Å². The number of alkyl halides is 2. The zero-order valence-corrected chi connectivity index (χ0v) is 12.3. The monoisotopic (exact) mass is 397 g/mol. The largest absolute Gasteiger partial charge is 0.347 e. The van der Waals surface area contributed by atoms with Crippen molar-refractivity contribution in [3.8, 4) is 0 Å². The van der Waals surface area contributed by atoms with Gasteiger partial charge in [-0.05, 0) is 36.4 Å². The minimum atomic E-state index is -0.168. The summed E-state index contributed by atoms with van der Waals surface area (Å²) in [4.78, 5) is 0. The van der Waals surface area contributed by atoms with Crippen LogP contribution < -0.4 is 5.73 Å². The van der Waals surface area contributed by atoms with Gasteiger partial charge in [-0.25, -0.2) is 0 Å². The first kappa shape index (κ1) is 13.4. The molecule has 0 saturated heterocycles. The van der Waals surface area contributed by atoms with Crippen molar-refractivity contribution in [1.82, 2.24) is 0 Å². The smallest absolute Gasteiger partial charge is 0.115 e. The van der Waals surface area contributed by atoms with Gasteiger partial charge in [-0.2, -0.15) is 0 Å². The molecule has 0 heterocycles. The Hall–Kier alpha value is 1.38. The average Bonchev–Trinajstić information content (AvgIpc) is 1.49. The number of nitrogens with two attached hydrogens (primary N) is 1. The van der Waals surface area contributed by atoms with E-state index in [1.54, 1.807) is 0 Å². The lowest BCUT2D eigenvalue weighted by molar-refractivity contribution is -0.00637. The lowest BCUT2D eigenvalue weighted by atomic mass is 10.1. The van der Waals surface area contributed by atoms with Gasteiger partial charge in [0, 0.05) is 9.84 Å². The van der Waals surface area contributed by atoms with Crippen LogP contribution in [0.5, 0.6) is 0 Å². The van der Waals surface area contributed by atoms with Crippen molar-refractivity contribution in [2.24, 2.45) is 5.73 Å². The van der Waals surface area contributed by atoms with Crippen molar-refractivity contribution in [3.63, 3.8) is 0 Å². The number of hydrogen-bond donors (Lipinski definition) is 1. The summed E-state index contributed by atoms with van der Waals surface area (Å²) >= 11 is 4.62. The zero-order chi connectivity index (χ0) is 9.99. The molecule has 0 radical (unpaired) electrons. The normalized spacial score (nSPS) is 16.2. The van der Waals surface area contributed by atoms with Crippen molar-refractivity contribution in [3.05, 3.63) is 0 Å². The van der Waals surface area contributed by atoms with Gasteiger partial charge in [0.05, 0.1) is 0 Å². The second-order valence-corrected chi connectivity index (χ2v) is 9.46. The van der Waals surface area contributed by atoms with Crippen LogP contribution in [0.15, 0.2) is 0 Å². The van der Waals surface area contributed by atoms with Crippen molar-refractivity contribution in [1.29, 1.82) is 0 Å². The van der Waals surface area contributed by atoms with E-state index in [2.05, 4.69) is 59.0 Å². The van der Waals surface area contributed by atoms with E-state index in [-0.39, 0.29) is 13.3 Å². The van der Waals surface area contributed by atoms with E-state index in [0.29, 0.717) is 0 Å². The predicted octanol–water partition coefficient (Wildman–Crippen LogP) is 3.06. The predicted molar refractivity (Wildman–Crippen MR) is 69.9 cm³/mol. The van der Waals surface area contributed by atoms with Crippen LogP contribution in [0.4, 0.5) is 0 Å². The maximum Gasteiger partial charge on any atom is 0.115 e. The Balaban J connectivity index is 3.83. The molecule has 0 spiro atoms. The first-order valence-electron chi connectivity index (χ1n) is 3.91. The molecule has 1 unspecified atom stereocenters. The standard InChI is InChI=1S/C8H17I2NO/c1-7(2,9)5-6(11)12-8(3,4)10/h6H,5,11H2,1-4H3. The highest BCUT2D eigenvalue weighted by Gasteiger charge is 2.23. The second kappa shape index (κ2) is 4.75. The second-order valence-electron chi connectivity index (χ2n) is 3.94. The molecule has 0 aromatic rings. The summed E-state index contributed by atoms with van der Waals surface area (Å²) < 4.78 is 5.61. The zero-order valence-electron chi connectivity index (χ0n) is 8.03. The SMILES string of the molecule is CC(C)(I)CC(N)OC(C)(C)I. The molecule has 0 aliphatic carbocycles. The summed E-state index contributed by atoms with van der Waals surface area (Å²) in [6.45, 7) is 8.31. The van der Waals surface area contributed by atoms with Gasteiger partial charge in [0.25, 0.3) is 0 Å². The molecule has 4 heteroatoms. The Morgan fingerprint density at radius 2 is 1.67 bits per heavy atom. The van der Waals surface area contributed by atoms with Crippen molar-refractivity contribution in [2.75, 3.05) is 0 Å². The average molecular weight is 397 g/mol. The summed E-state index contributed by atoms with van der Waals surface area (Å²) in [5.74, 6) is 0. The minimum Gasteiger partial charge on any atom is -0.347 e. The molecule has 2 nitrogen and oxygen atoms in total. The van der Waals surface area contributed by atoms with E-state index in [1.807, 2.05) is 13.8 Å².